The van der Waals surface area contributed by atoms with E-state index in [1.165, 1.54) is 0 Å². The number of aromatic nitrogens is 2. The van der Waals surface area contributed by atoms with Gasteiger partial charge < -0.3 is 15.4 Å². The summed E-state index contributed by atoms with van der Waals surface area (Å²) in [7, 11) is 1.73. The van der Waals surface area contributed by atoms with Crippen molar-refractivity contribution in [2.45, 2.75) is 18.8 Å². The summed E-state index contributed by atoms with van der Waals surface area (Å²) >= 11 is 0. The Kier molecular flexibility index (Phi) is 5.73. The standard InChI is InChI=1S/C19H24N4O2/c1-25-11-10-23-9-3-6-16(13-23)18-17(21-7-8-22-18)14-4-2-5-15(12-14)19(20)24/h2,4-5,7-8,12,16H,3,6,9-11,13H2,1H3,(H2,20,24)/t16-/m1/s1. The highest BCUT2D eigenvalue weighted by molar-refractivity contribution is 5.94. The number of likely N-dealkylation sites (tertiary alicyclic amines) is 1. The summed E-state index contributed by atoms with van der Waals surface area (Å²) in [5.41, 5.74) is 8.61. The maximum absolute atomic E-state index is 11.5. The molecule has 0 saturated carbocycles. The van der Waals surface area contributed by atoms with E-state index >= 15 is 0 Å². The first-order chi connectivity index (χ1) is 12.2. The molecule has 1 aromatic heterocycles. The van der Waals surface area contributed by atoms with Crippen LogP contribution in [0.2, 0.25) is 0 Å². The Bertz CT molecular complexity index is 735. The molecule has 1 atom stereocenters. The molecule has 3 rings (SSSR count). The van der Waals surface area contributed by atoms with Crippen molar-refractivity contribution in [1.82, 2.24) is 14.9 Å². The fourth-order valence-corrected chi connectivity index (χ4v) is 3.39. The van der Waals surface area contributed by atoms with Gasteiger partial charge in [-0.15, -0.1) is 0 Å². The third-order valence-electron chi connectivity index (χ3n) is 4.65. The molecular weight excluding hydrogens is 316 g/mol. The van der Waals surface area contributed by atoms with Gasteiger partial charge in [0.05, 0.1) is 18.0 Å². The molecule has 2 N–H and O–H groups in total. The second-order valence-corrected chi connectivity index (χ2v) is 6.37. The minimum atomic E-state index is -0.435. The van der Waals surface area contributed by atoms with E-state index < -0.39 is 5.91 Å². The van der Waals surface area contributed by atoms with Crippen LogP contribution in [0.1, 0.15) is 34.8 Å². The lowest BCUT2D eigenvalue weighted by molar-refractivity contribution is 0.100. The molecule has 2 heterocycles. The van der Waals surface area contributed by atoms with Gasteiger partial charge in [-0.2, -0.15) is 0 Å². The van der Waals surface area contributed by atoms with Crippen molar-refractivity contribution in [2.75, 3.05) is 33.4 Å². The molecule has 0 spiro atoms. The number of rotatable bonds is 6. The Hall–Kier alpha value is -2.31. The van der Waals surface area contributed by atoms with E-state index in [9.17, 15) is 4.79 Å². The predicted octanol–water partition coefficient (Wildman–Crippen LogP) is 2.07. The highest BCUT2D eigenvalue weighted by Crippen LogP contribution is 2.31. The fourth-order valence-electron chi connectivity index (χ4n) is 3.39. The number of methoxy groups -OCH3 is 1. The van der Waals surface area contributed by atoms with Crippen molar-refractivity contribution in [1.29, 1.82) is 0 Å². The molecule has 132 valence electrons. The van der Waals surface area contributed by atoms with Crippen LogP contribution in [0.3, 0.4) is 0 Å². The van der Waals surface area contributed by atoms with E-state index in [0.717, 1.165) is 56.0 Å². The number of primary amides is 1. The number of amides is 1. The van der Waals surface area contributed by atoms with E-state index in [4.69, 9.17) is 10.5 Å². The largest absolute Gasteiger partial charge is 0.383 e. The van der Waals surface area contributed by atoms with Crippen LogP contribution in [-0.4, -0.2) is 54.1 Å². The van der Waals surface area contributed by atoms with Crippen molar-refractivity contribution in [2.24, 2.45) is 5.73 Å². The van der Waals surface area contributed by atoms with Crippen LogP contribution in [-0.2, 0) is 4.74 Å². The van der Waals surface area contributed by atoms with E-state index in [-0.39, 0.29) is 0 Å². The minimum absolute atomic E-state index is 0.326. The van der Waals surface area contributed by atoms with Gasteiger partial charge in [0.15, 0.2) is 0 Å². The maximum Gasteiger partial charge on any atom is 0.248 e. The number of nitrogens with two attached hydrogens (primary N) is 1. The zero-order valence-electron chi connectivity index (χ0n) is 14.5. The van der Waals surface area contributed by atoms with Crippen LogP contribution in [0, 0.1) is 0 Å². The third kappa shape index (κ3) is 4.21. The van der Waals surface area contributed by atoms with Crippen molar-refractivity contribution in [3.63, 3.8) is 0 Å². The van der Waals surface area contributed by atoms with Crippen LogP contribution in [0.4, 0.5) is 0 Å². The molecule has 0 radical (unpaired) electrons. The lowest BCUT2D eigenvalue weighted by atomic mass is 9.91. The molecular formula is C19H24N4O2. The fraction of sp³-hybridized carbons (Fsp3) is 0.421. The first-order valence-electron chi connectivity index (χ1n) is 8.61. The van der Waals surface area contributed by atoms with Gasteiger partial charge in [0.25, 0.3) is 0 Å². The van der Waals surface area contributed by atoms with Gasteiger partial charge in [-0.1, -0.05) is 12.1 Å². The first kappa shape index (κ1) is 17.5. The van der Waals surface area contributed by atoms with Crippen LogP contribution >= 0.6 is 0 Å². The number of carbonyl (C=O) groups is 1. The van der Waals surface area contributed by atoms with E-state index in [1.807, 2.05) is 12.1 Å². The number of carbonyl (C=O) groups excluding carboxylic acids is 1. The smallest absolute Gasteiger partial charge is 0.248 e. The molecule has 1 aliphatic heterocycles. The van der Waals surface area contributed by atoms with Crippen molar-refractivity contribution in [3.8, 4) is 11.3 Å². The van der Waals surface area contributed by atoms with Gasteiger partial charge in [-0.25, -0.2) is 0 Å². The summed E-state index contributed by atoms with van der Waals surface area (Å²) in [5.74, 6) is -0.109. The number of hydrogen-bond donors (Lipinski definition) is 1. The molecule has 0 bridgehead atoms. The average molecular weight is 340 g/mol. The van der Waals surface area contributed by atoms with Gasteiger partial charge in [-0.3, -0.25) is 14.8 Å². The Morgan fingerprint density at radius 1 is 1.36 bits per heavy atom. The molecule has 0 unspecified atom stereocenters. The van der Waals surface area contributed by atoms with Gasteiger partial charge in [-0.05, 0) is 31.5 Å². The quantitative estimate of drug-likeness (QED) is 0.870. The molecule has 1 saturated heterocycles. The number of nitrogens with zero attached hydrogens (tertiary/aromatic N) is 3. The summed E-state index contributed by atoms with van der Waals surface area (Å²) in [6.45, 7) is 3.71. The topological polar surface area (TPSA) is 81.3 Å². The van der Waals surface area contributed by atoms with Gasteiger partial charge >= 0.3 is 0 Å². The van der Waals surface area contributed by atoms with Gasteiger partial charge in [0, 0.05) is 49.6 Å². The molecule has 2 aromatic rings. The van der Waals surface area contributed by atoms with Crippen molar-refractivity contribution < 1.29 is 9.53 Å². The number of hydrogen-bond acceptors (Lipinski definition) is 5. The number of benzene rings is 1. The van der Waals surface area contributed by atoms with E-state index in [2.05, 4.69) is 14.9 Å². The Labute approximate surface area is 148 Å². The summed E-state index contributed by atoms with van der Waals surface area (Å²) in [6.07, 6.45) is 5.66. The second-order valence-electron chi connectivity index (χ2n) is 6.37. The number of piperidine rings is 1. The monoisotopic (exact) mass is 340 g/mol. The molecule has 1 aliphatic rings. The molecule has 6 heteroatoms. The van der Waals surface area contributed by atoms with E-state index in [0.29, 0.717) is 11.5 Å². The minimum Gasteiger partial charge on any atom is -0.383 e. The zero-order valence-corrected chi connectivity index (χ0v) is 14.5. The Balaban J connectivity index is 1.88. The van der Waals surface area contributed by atoms with Crippen molar-refractivity contribution >= 4 is 5.91 Å². The summed E-state index contributed by atoms with van der Waals surface area (Å²) < 4.78 is 5.20. The highest BCUT2D eigenvalue weighted by atomic mass is 16.5. The molecule has 0 aliphatic carbocycles. The SMILES string of the molecule is COCCN1CCC[C@@H](c2nccnc2-c2cccc(C(N)=O)c2)C1. The molecule has 25 heavy (non-hydrogen) atoms. The maximum atomic E-state index is 11.5. The Morgan fingerprint density at radius 3 is 3.00 bits per heavy atom. The van der Waals surface area contributed by atoms with E-state index in [1.54, 1.807) is 31.6 Å². The van der Waals surface area contributed by atoms with Crippen LogP contribution in [0.25, 0.3) is 11.3 Å². The molecule has 6 nitrogen and oxygen atoms in total. The van der Waals surface area contributed by atoms with Crippen LogP contribution < -0.4 is 5.73 Å². The predicted molar refractivity (Wildman–Crippen MR) is 96.3 cm³/mol. The molecule has 1 aromatic carbocycles. The summed E-state index contributed by atoms with van der Waals surface area (Å²) in [5, 5.41) is 0. The number of ether oxygens (including phenoxy) is 1. The van der Waals surface area contributed by atoms with Crippen LogP contribution in [0.5, 0.6) is 0 Å². The lowest BCUT2D eigenvalue weighted by Gasteiger charge is -2.32. The third-order valence-corrected chi connectivity index (χ3v) is 4.65. The van der Waals surface area contributed by atoms with Crippen LogP contribution in [0.15, 0.2) is 36.7 Å². The zero-order chi connectivity index (χ0) is 17.6. The van der Waals surface area contributed by atoms with Crippen molar-refractivity contribution in [3.05, 3.63) is 47.9 Å². The second kappa shape index (κ2) is 8.18. The normalized spacial score (nSPS) is 18.2. The summed E-state index contributed by atoms with van der Waals surface area (Å²) in [6, 6.07) is 7.29. The Morgan fingerprint density at radius 2 is 2.20 bits per heavy atom. The van der Waals surface area contributed by atoms with Gasteiger partial charge in [0.1, 0.15) is 0 Å². The summed E-state index contributed by atoms with van der Waals surface area (Å²) in [4.78, 5) is 23.1. The lowest BCUT2D eigenvalue weighted by Crippen LogP contribution is -2.37. The van der Waals surface area contributed by atoms with Gasteiger partial charge in [0.2, 0.25) is 5.91 Å². The first-order valence-corrected chi connectivity index (χ1v) is 8.61. The highest BCUT2D eigenvalue weighted by Gasteiger charge is 2.25. The average Bonchev–Trinajstić information content (AvgIpc) is 2.66. The molecule has 1 fully saturated rings. The molecule has 1 amide bonds.